The second-order valence-corrected chi connectivity index (χ2v) is 4.72. The molecule has 0 aliphatic carbocycles. The molecule has 0 aromatic heterocycles. The van der Waals surface area contributed by atoms with Gasteiger partial charge >= 0.3 is 0 Å². The fraction of sp³-hybridized carbons (Fsp3) is 0.214. The van der Waals surface area contributed by atoms with Gasteiger partial charge in [0.25, 0.3) is 0 Å². The molecule has 0 spiro atoms. The van der Waals surface area contributed by atoms with Gasteiger partial charge in [0, 0.05) is 17.0 Å². The molecule has 1 N–H and O–H groups in total. The fourth-order valence-corrected chi connectivity index (χ4v) is 1.70. The Bertz CT molecular complexity index is 402. The summed E-state index contributed by atoms with van der Waals surface area (Å²) in [4.78, 5) is 4.76. The van der Waals surface area contributed by atoms with Crippen molar-refractivity contribution in [1.29, 1.82) is 0 Å². The maximum atomic E-state index is 9.09. The van der Waals surface area contributed by atoms with E-state index in [9.17, 15) is 0 Å². The zero-order valence-corrected chi connectivity index (χ0v) is 11.3. The minimum Gasteiger partial charge on any atom is -0.507 e. The third-order valence-corrected chi connectivity index (χ3v) is 2.57. The minimum atomic E-state index is -0.0534. The lowest BCUT2D eigenvalue weighted by atomic mass is 10.1. The maximum Gasteiger partial charge on any atom is 0.121 e. The number of aliphatic imine (C=N–C) groups is 1. The predicted octanol–water partition coefficient (Wildman–Crippen LogP) is 4.76. The molecule has 0 radical (unpaired) electrons. The monoisotopic (exact) mass is 249 g/mol. The van der Waals surface area contributed by atoms with E-state index >= 15 is 0 Å². The number of nitrogens with zero attached hydrogens (tertiary/aromatic N) is 1. The highest BCUT2D eigenvalue weighted by Crippen LogP contribution is 2.27. The quantitative estimate of drug-likeness (QED) is 0.401. The van der Waals surface area contributed by atoms with E-state index in [1.165, 1.54) is 11.8 Å². The molecule has 17 heavy (non-hydrogen) atoms. The lowest BCUT2D eigenvalue weighted by Crippen LogP contribution is -1.93. The summed E-state index contributed by atoms with van der Waals surface area (Å²) >= 11 is 1.20. The van der Waals surface area contributed by atoms with Crippen molar-refractivity contribution in [3.05, 3.63) is 59.7 Å². The summed E-state index contributed by atoms with van der Waals surface area (Å²) in [5, 5.41) is 9.67. The Morgan fingerprint density at radius 1 is 1.29 bits per heavy atom. The highest BCUT2D eigenvalue weighted by molar-refractivity contribution is 8.06. The Kier molecular flexibility index (Phi) is 7.06. The smallest absolute Gasteiger partial charge is 0.121 e. The molecule has 0 bridgehead atoms. The van der Waals surface area contributed by atoms with Gasteiger partial charge in [-0.1, -0.05) is 50.2 Å². The molecule has 0 aromatic carbocycles. The summed E-state index contributed by atoms with van der Waals surface area (Å²) in [5.41, 5.74) is 1.92. The van der Waals surface area contributed by atoms with Crippen LogP contribution in [0, 0.1) is 0 Å². The van der Waals surface area contributed by atoms with Crippen LogP contribution in [0.3, 0.4) is 0 Å². The van der Waals surface area contributed by atoms with Crippen molar-refractivity contribution in [2.45, 2.75) is 20.3 Å². The highest BCUT2D eigenvalue weighted by Gasteiger charge is 2.02. The lowest BCUT2D eigenvalue weighted by molar-refractivity contribution is 0.433. The van der Waals surface area contributed by atoms with Gasteiger partial charge in [-0.25, -0.2) is 0 Å². The Balaban J connectivity index is 4.39. The first-order valence-electron chi connectivity index (χ1n) is 5.15. The van der Waals surface area contributed by atoms with Gasteiger partial charge in [0.2, 0.25) is 0 Å². The van der Waals surface area contributed by atoms with Crippen molar-refractivity contribution in [2.75, 3.05) is 0 Å². The van der Waals surface area contributed by atoms with E-state index < -0.39 is 0 Å². The van der Waals surface area contributed by atoms with E-state index in [0.29, 0.717) is 16.4 Å². The standard InChI is InChI=1S/C14H19NOS/c1-7-8-10(2)9-11(3)15-14(6)17-13(5)12(4)16/h7-8,16H,2,4-6,9H2,1,3H3/b8-7-,15-11+. The van der Waals surface area contributed by atoms with Crippen molar-refractivity contribution < 1.29 is 5.11 Å². The van der Waals surface area contributed by atoms with Gasteiger partial charge in [0.1, 0.15) is 5.76 Å². The molecule has 0 saturated heterocycles. The zero-order chi connectivity index (χ0) is 13.4. The van der Waals surface area contributed by atoms with E-state index in [4.69, 9.17) is 5.11 Å². The second kappa shape index (κ2) is 7.74. The molecule has 0 heterocycles. The number of thioether (sulfide) groups is 1. The largest absolute Gasteiger partial charge is 0.507 e. The molecule has 0 amide bonds. The number of hydrogen-bond acceptors (Lipinski definition) is 3. The van der Waals surface area contributed by atoms with Crippen molar-refractivity contribution in [2.24, 2.45) is 4.99 Å². The van der Waals surface area contributed by atoms with Crippen molar-refractivity contribution >= 4 is 17.5 Å². The van der Waals surface area contributed by atoms with Crippen molar-refractivity contribution in [3.63, 3.8) is 0 Å². The van der Waals surface area contributed by atoms with E-state index in [1.54, 1.807) is 0 Å². The molecule has 3 heteroatoms. The van der Waals surface area contributed by atoms with Crippen molar-refractivity contribution in [1.82, 2.24) is 0 Å². The van der Waals surface area contributed by atoms with Gasteiger partial charge in [0.05, 0.1) is 5.03 Å². The third-order valence-electron chi connectivity index (χ3n) is 1.76. The minimum absolute atomic E-state index is 0.0534. The SMILES string of the molecule is C=C(/C=C\C)C/C(C)=N/C(=C)SC(=C)C(=C)O. The Hall–Kier alpha value is -1.48. The average molecular weight is 249 g/mol. The molecule has 0 aliphatic rings. The van der Waals surface area contributed by atoms with Crippen molar-refractivity contribution in [3.8, 4) is 0 Å². The van der Waals surface area contributed by atoms with Crippen LogP contribution in [-0.2, 0) is 0 Å². The van der Waals surface area contributed by atoms with Gasteiger partial charge in [-0.2, -0.15) is 0 Å². The Morgan fingerprint density at radius 3 is 2.35 bits per heavy atom. The lowest BCUT2D eigenvalue weighted by Gasteiger charge is -2.04. The maximum absolute atomic E-state index is 9.09. The number of hydrogen-bond donors (Lipinski definition) is 1. The highest BCUT2D eigenvalue weighted by atomic mass is 32.2. The van der Waals surface area contributed by atoms with Crippen LogP contribution < -0.4 is 0 Å². The van der Waals surface area contributed by atoms with Gasteiger partial charge in [-0.3, -0.25) is 4.99 Å². The van der Waals surface area contributed by atoms with Crippen LogP contribution >= 0.6 is 11.8 Å². The first kappa shape index (κ1) is 15.5. The van der Waals surface area contributed by atoms with Crippen LogP contribution in [0.25, 0.3) is 0 Å². The molecule has 0 aromatic rings. The normalized spacial score (nSPS) is 11.5. The molecule has 0 unspecified atom stereocenters. The van der Waals surface area contributed by atoms with Gasteiger partial charge < -0.3 is 5.11 Å². The van der Waals surface area contributed by atoms with Gasteiger partial charge in [-0.05, 0) is 19.4 Å². The van der Waals surface area contributed by atoms with E-state index in [2.05, 4.69) is 31.3 Å². The first-order chi connectivity index (χ1) is 7.86. The molecule has 0 rings (SSSR count). The molecule has 0 saturated carbocycles. The van der Waals surface area contributed by atoms with E-state index in [1.807, 2.05) is 26.0 Å². The van der Waals surface area contributed by atoms with Gasteiger partial charge in [-0.15, -0.1) is 0 Å². The number of allylic oxidation sites excluding steroid dienone is 3. The number of aliphatic hydroxyl groups excluding tert-OH is 1. The summed E-state index contributed by atoms with van der Waals surface area (Å²) in [5.74, 6) is -0.0534. The molecule has 0 atom stereocenters. The van der Waals surface area contributed by atoms with Gasteiger partial charge in [0.15, 0.2) is 0 Å². The molecule has 0 fully saturated rings. The Labute approximate surface area is 108 Å². The summed E-state index contributed by atoms with van der Waals surface area (Å²) in [6, 6.07) is 0. The molecular weight excluding hydrogens is 230 g/mol. The molecule has 2 nitrogen and oxygen atoms in total. The van der Waals surface area contributed by atoms with E-state index in [0.717, 1.165) is 11.3 Å². The zero-order valence-electron chi connectivity index (χ0n) is 10.5. The molecule has 92 valence electrons. The third kappa shape index (κ3) is 7.41. The summed E-state index contributed by atoms with van der Waals surface area (Å²) in [6.07, 6.45) is 4.59. The van der Waals surface area contributed by atoms with Crippen LogP contribution in [0.4, 0.5) is 0 Å². The van der Waals surface area contributed by atoms with Crippen LogP contribution in [0.1, 0.15) is 20.3 Å². The van der Waals surface area contributed by atoms with Crippen LogP contribution in [0.5, 0.6) is 0 Å². The fourth-order valence-electron chi connectivity index (χ4n) is 1.10. The topological polar surface area (TPSA) is 32.6 Å². The molecule has 0 aliphatic heterocycles. The summed E-state index contributed by atoms with van der Waals surface area (Å²) in [6.45, 7) is 18.6. The van der Waals surface area contributed by atoms with Crippen LogP contribution in [0.2, 0.25) is 0 Å². The number of rotatable bonds is 7. The first-order valence-corrected chi connectivity index (χ1v) is 5.97. The predicted molar refractivity (Wildman–Crippen MR) is 79.3 cm³/mol. The molecular formula is C14H19NOS. The average Bonchev–Trinajstić information content (AvgIpc) is 2.16. The van der Waals surface area contributed by atoms with Crippen LogP contribution in [-0.4, -0.2) is 10.8 Å². The summed E-state index contributed by atoms with van der Waals surface area (Å²) in [7, 11) is 0. The van der Waals surface area contributed by atoms with E-state index in [-0.39, 0.29) is 5.76 Å². The Morgan fingerprint density at radius 2 is 1.88 bits per heavy atom. The number of aliphatic hydroxyl groups is 1. The second-order valence-electron chi connectivity index (χ2n) is 3.55. The van der Waals surface area contributed by atoms with Crippen LogP contribution in [0.15, 0.2) is 64.7 Å². The summed E-state index contributed by atoms with van der Waals surface area (Å²) < 4.78 is 0.